The van der Waals surface area contributed by atoms with Gasteiger partial charge in [0.25, 0.3) is 0 Å². The van der Waals surface area contributed by atoms with Gasteiger partial charge in [-0.1, -0.05) is 47.4 Å². The predicted molar refractivity (Wildman–Crippen MR) is 112 cm³/mol. The molecule has 3 aromatic rings. The van der Waals surface area contributed by atoms with Crippen molar-refractivity contribution in [3.63, 3.8) is 0 Å². The molecule has 27 heavy (non-hydrogen) atoms. The summed E-state index contributed by atoms with van der Waals surface area (Å²) in [4.78, 5) is 12.7. The normalized spacial score (nSPS) is 11.9. The second kappa shape index (κ2) is 8.54. The monoisotopic (exact) mass is 399 g/mol. The van der Waals surface area contributed by atoms with Gasteiger partial charge in [-0.3, -0.25) is 4.79 Å². The molecular weight excluding hydrogens is 378 g/mol. The molecule has 1 atom stereocenters. The Morgan fingerprint density at radius 3 is 2.67 bits per heavy atom. The van der Waals surface area contributed by atoms with Gasteiger partial charge >= 0.3 is 0 Å². The Kier molecular flexibility index (Phi) is 6.13. The van der Waals surface area contributed by atoms with Gasteiger partial charge in [-0.15, -0.1) is 10.2 Å². The van der Waals surface area contributed by atoms with Crippen LogP contribution in [-0.4, -0.2) is 28.3 Å². The van der Waals surface area contributed by atoms with Crippen molar-refractivity contribution in [3.8, 4) is 5.75 Å². The van der Waals surface area contributed by atoms with Crippen molar-refractivity contribution in [1.82, 2.24) is 10.2 Å². The van der Waals surface area contributed by atoms with Crippen LogP contribution in [0.25, 0.3) is 0 Å². The molecule has 0 bridgehead atoms. The van der Waals surface area contributed by atoms with Crippen molar-refractivity contribution in [1.29, 1.82) is 0 Å². The number of carbonyl (C=O) groups is 1. The van der Waals surface area contributed by atoms with Crippen LogP contribution in [-0.2, 0) is 0 Å². The number of thioether (sulfide) groups is 1. The maximum atomic E-state index is 12.7. The summed E-state index contributed by atoms with van der Waals surface area (Å²) in [6, 6.07) is 13.4. The minimum absolute atomic E-state index is 0.0949. The molecule has 1 heterocycles. The number of Topliss-reactive ketones (excluding diaryl/α,β-unsaturated/α-hetero) is 1. The second-order valence-corrected chi connectivity index (χ2v) is 8.69. The number of rotatable bonds is 7. The molecule has 0 aliphatic carbocycles. The van der Waals surface area contributed by atoms with Crippen molar-refractivity contribution < 1.29 is 9.53 Å². The number of benzene rings is 2. The van der Waals surface area contributed by atoms with Crippen LogP contribution in [0, 0.1) is 13.8 Å². The first-order valence-electron chi connectivity index (χ1n) is 8.49. The highest BCUT2D eigenvalue weighted by Gasteiger charge is 2.19. The summed E-state index contributed by atoms with van der Waals surface area (Å²) in [6.45, 7) is 5.96. The predicted octanol–water partition coefficient (Wildman–Crippen LogP) is 5.27. The molecule has 0 saturated heterocycles. The zero-order chi connectivity index (χ0) is 19.4. The van der Waals surface area contributed by atoms with Crippen LogP contribution >= 0.6 is 23.1 Å². The summed E-state index contributed by atoms with van der Waals surface area (Å²) < 4.78 is 6.08. The highest BCUT2D eigenvalue weighted by atomic mass is 32.2. The number of nitrogens with zero attached hydrogens (tertiary/aromatic N) is 2. The van der Waals surface area contributed by atoms with E-state index in [9.17, 15) is 4.79 Å². The number of aromatic nitrogens is 2. The number of anilines is 2. The van der Waals surface area contributed by atoms with Crippen molar-refractivity contribution in [2.75, 3.05) is 12.4 Å². The number of carbonyl (C=O) groups excluding carboxylic acids is 1. The van der Waals surface area contributed by atoms with Crippen molar-refractivity contribution in [3.05, 3.63) is 59.2 Å². The average molecular weight is 400 g/mol. The van der Waals surface area contributed by atoms with E-state index in [2.05, 4.69) is 15.5 Å². The molecular formula is C20H21N3O2S2. The van der Waals surface area contributed by atoms with Crippen molar-refractivity contribution in [2.45, 2.75) is 30.4 Å². The molecule has 0 aliphatic heterocycles. The topological polar surface area (TPSA) is 64.1 Å². The minimum atomic E-state index is -0.237. The van der Waals surface area contributed by atoms with E-state index in [4.69, 9.17) is 4.74 Å². The van der Waals surface area contributed by atoms with Gasteiger partial charge in [0.1, 0.15) is 5.75 Å². The van der Waals surface area contributed by atoms with Gasteiger partial charge in [0, 0.05) is 5.56 Å². The first kappa shape index (κ1) is 19.4. The van der Waals surface area contributed by atoms with Gasteiger partial charge in [-0.25, -0.2) is 0 Å². The third-order valence-electron chi connectivity index (χ3n) is 4.19. The lowest BCUT2D eigenvalue weighted by atomic mass is 10.0. The van der Waals surface area contributed by atoms with Crippen LogP contribution < -0.4 is 10.1 Å². The van der Waals surface area contributed by atoms with Crippen LogP contribution in [0.5, 0.6) is 5.75 Å². The number of hydrogen-bond donors (Lipinski definition) is 1. The average Bonchev–Trinajstić information content (AvgIpc) is 3.10. The molecule has 7 heteroatoms. The maximum Gasteiger partial charge on any atom is 0.210 e. The molecule has 1 N–H and O–H groups in total. The summed E-state index contributed by atoms with van der Waals surface area (Å²) >= 11 is 2.84. The van der Waals surface area contributed by atoms with E-state index < -0.39 is 0 Å². The Morgan fingerprint density at radius 2 is 1.93 bits per heavy atom. The van der Waals surface area contributed by atoms with Gasteiger partial charge < -0.3 is 10.1 Å². The number of nitrogens with one attached hydrogen (secondary N) is 1. The van der Waals surface area contributed by atoms with Gasteiger partial charge in [-0.05, 0) is 50.1 Å². The number of methoxy groups -OCH3 is 1. The number of ketones is 1. The summed E-state index contributed by atoms with van der Waals surface area (Å²) in [6.07, 6.45) is 0. The highest BCUT2D eigenvalue weighted by Crippen LogP contribution is 2.33. The van der Waals surface area contributed by atoms with Gasteiger partial charge in [0.2, 0.25) is 5.13 Å². The van der Waals surface area contributed by atoms with Crippen LogP contribution in [0.4, 0.5) is 10.8 Å². The van der Waals surface area contributed by atoms with Crippen molar-refractivity contribution >= 4 is 39.7 Å². The number of hydrogen-bond acceptors (Lipinski definition) is 7. The zero-order valence-electron chi connectivity index (χ0n) is 15.6. The summed E-state index contributed by atoms with van der Waals surface area (Å²) in [5, 5.41) is 12.0. The molecule has 0 amide bonds. The van der Waals surface area contributed by atoms with Crippen LogP contribution in [0.1, 0.15) is 28.4 Å². The van der Waals surface area contributed by atoms with E-state index in [1.54, 1.807) is 7.11 Å². The van der Waals surface area contributed by atoms with E-state index >= 15 is 0 Å². The standard InChI is InChI=1S/C20H21N3O2S2/c1-12-9-10-15(11-13(12)2)18(24)14(3)26-20-23-22-19(27-20)21-16-7-5-6-8-17(16)25-4/h5-11,14H,1-4H3,(H,21,22)/t14-/m0/s1. The van der Waals surface area contributed by atoms with E-state index in [0.717, 1.165) is 26.9 Å². The molecule has 5 nitrogen and oxygen atoms in total. The Labute approximate surface area is 167 Å². The first-order valence-corrected chi connectivity index (χ1v) is 10.2. The minimum Gasteiger partial charge on any atom is -0.495 e. The van der Waals surface area contributed by atoms with Gasteiger partial charge in [0.05, 0.1) is 18.0 Å². The lowest BCUT2D eigenvalue weighted by Crippen LogP contribution is -2.13. The molecule has 3 rings (SSSR count). The fourth-order valence-electron chi connectivity index (χ4n) is 2.51. The zero-order valence-corrected chi connectivity index (χ0v) is 17.3. The molecule has 0 spiro atoms. The first-order chi connectivity index (χ1) is 13.0. The molecule has 0 radical (unpaired) electrons. The molecule has 0 aliphatic rings. The third-order valence-corrected chi connectivity index (χ3v) is 6.22. The lowest BCUT2D eigenvalue weighted by Gasteiger charge is -2.09. The Hall–Kier alpha value is -2.38. The van der Waals surface area contributed by atoms with E-state index in [1.807, 2.05) is 63.2 Å². The van der Waals surface area contributed by atoms with Crippen LogP contribution in [0.3, 0.4) is 0 Å². The van der Waals surface area contributed by atoms with E-state index in [1.165, 1.54) is 28.7 Å². The molecule has 0 fully saturated rings. The molecule has 0 unspecified atom stereocenters. The third kappa shape index (κ3) is 4.67. The number of ether oxygens (including phenoxy) is 1. The fraction of sp³-hybridized carbons (Fsp3) is 0.250. The smallest absolute Gasteiger partial charge is 0.210 e. The Bertz CT molecular complexity index is 956. The highest BCUT2D eigenvalue weighted by molar-refractivity contribution is 8.02. The molecule has 140 valence electrons. The number of aryl methyl sites for hydroxylation is 2. The summed E-state index contributed by atoms with van der Waals surface area (Å²) in [7, 11) is 1.63. The SMILES string of the molecule is COc1ccccc1Nc1nnc(S[C@@H](C)C(=O)c2ccc(C)c(C)c2)s1. The quantitative estimate of drug-likeness (QED) is 0.431. The van der Waals surface area contributed by atoms with Gasteiger partial charge in [0.15, 0.2) is 10.1 Å². The van der Waals surface area contributed by atoms with Crippen LogP contribution in [0.2, 0.25) is 0 Å². The van der Waals surface area contributed by atoms with E-state index in [-0.39, 0.29) is 11.0 Å². The Morgan fingerprint density at radius 1 is 1.15 bits per heavy atom. The van der Waals surface area contributed by atoms with Gasteiger partial charge in [-0.2, -0.15) is 0 Å². The number of para-hydroxylation sites is 2. The second-order valence-electron chi connectivity index (χ2n) is 6.12. The molecule has 2 aromatic carbocycles. The maximum absolute atomic E-state index is 12.7. The van der Waals surface area contributed by atoms with E-state index in [0.29, 0.717) is 5.13 Å². The fourth-order valence-corrected chi connectivity index (χ4v) is 4.49. The lowest BCUT2D eigenvalue weighted by molar-refractivity contribution is 0.0994. The summed E-state index contributed by atoms with van der Waals surface area (Å²) in [5.74, 6) is 0.831. The summed E-state index contributed by atoms with van der Waals surface area (Å²) in [5.41, 5.74) is 3.86. The largest absolute Gasteiger partial charge is 0.495 e. The molecule has 0 saturated carbocycles. The Balaban J connectivity index is 1.67. The van der Waals surface area contributed by atoms with Crippen molar-refractivity contribution in [2.24, 2.45) is 0 Å². The van der Waals surface area contributed by atoms with Crippen LogP contribution in [0.15, 0.2) is 46.8 Å². The molecule has 1 aromatic heterocycles.